The zero-order valence-corrected chi connectivity index (χ0v) is 20.3. The lowest BCUT2D eigenvalue weighted by Gasteiger charge is -2.36. The number of β-amino-alcohol motifs (C(OH)–C–C–N with tert-alkyl or cyclic N) is 1. The molecule has 1 saturated heterocycles. The number of hydrogen-bond donors (Lipinski definition) is 3. The highest BCUT2D eigenvalue weighted by Crippen LogP contribution is 2.24. The average molecular weight is 529 g/mol. The number of benzene rings is 2. The lowest BCUT2D eigenvalue weighted by molar-refractivity contribution is -0.127. The van der Waals surface area contributed by atoms with E-state index in [1.807, 2.05) is 49.4 Å². The Kier molecular flexibility index (Phi) is 7.13. The third kappa shape index (κ3) is 5.20. The van der Waals surface area contributed by atoms with Gasteiger partial charge in [-0.25, -0.2) is 15.2 Å². The monoisotopic (exact) mass is 528 g/mol. The summed E-state index contributed by atoms with van der Waals surface area (Å²) in [4.78, 5) is 32.3. The Morgan fingerprint density at radius 2 is 1.94 bits per heavy atom. The topological polar surface area (TPSA) is 119 Å². The van der Waals surface area contributed by atoms with E-state index in [4.69, 9.17) is 4.74 Å². The van der Waals surface area contributed by atoms with Crippen LogP contribution in [0.2, 0.25) is 0 Å². The van der Waals surface area contributed by atoms with Gasteiger partial charge in [0.15, 0.2) is 12.2 Å². The first-order valence-electron chi connectivity index (χ1n) is 10.7. The molecule has 10 nitrogen and oxygen atoms in total. The standard InChI is InChI=1S/C23H25BrN6O4/c1-14(15-8-10-16(24)11-9-15)27-28-22-25-20-19(21(32)26-23(33)29(20)2)30(22)12-17(31)13-34-18-6-4-3-5-7-18/h3-11,17,19-20,31H,12-13H2,1-2H3,(H,25,28)(H,26,32,33)/b27-14+. The Morgan fingerprint density at radius 1 is 1.24 bits per heavy atom. The molecular weight excluding hydrogens is 504 g/mol. The molecule has 3 atom stereocenters. The third-order valence-corrected chi connectivity index (χ3v) is 6.07. The van der Waals surface area contributed by atoms with Crippen LogP contribution in [0.15, 0.2) is 69.2 Å². The number of ether oxygens (including phenoxy) is 1. The van der Waals surface area contributed by atoms with Crippen molar-refractivity contribution in [2.75, 3.05) is 20.2 Å². The number of halogens is 1. The van der Waals surface area contributed by atoms with E-state index in [-0.39, 0.29) is 19.1 Å². The Morgan fingerprint density at radius 3 is 2.65 bits per heavy atom. The lowest BCUT2D eigenvalue weighted by Crippen LogP contribution is -2.64. The van der Waals surface area contributed by atoms with Crippen LogP contribution in [0.25, 0.3) is 0 Å². The van der Waals surface area contributed by atoms with Gasteiger partial charge in [0.2, 0.25) is 5.96 Å². The van der Waals surface area contributed by atoms with E-state index >= 15 is 0 Å². The van der Waals surface area contributed by atoms with Crippen LogP contribution in [0, 0.1) is 0 Å². The van der Waals surface area contributed by atoms with E-state index in [1.165, 1.54) is 4.90 Å². The summed E-state index contributed by atoms with van der Waals surface area (Å²) in [5, 5.41) is 17.4. The number of aliphatic hydroxyl groups excluding tert-OH is 1. The van der Waals surface area contributed by atoms with E-state index in [2.05, 4.69) is 36.8 Å². The first-order chi connectivity index (χ1) is 16.3. The van der Waals surface area contributed by atoms with E-state index in [1.54, 1.807) is 24.1 Å². The number of hydrazone groups is 1. The Balaban J connectivity index is 1.51. The van der Waals surface area contributed by atoms with Gasteiger partial charge in [0.05, 0.1) is 12.3 Å². The number of hydrogen-bond acceptors (Lipinski definition) is 8. The number of nitrogens with one attached hydrogen (secondary N) is 2. The molecule has 11 heteroatoms. The molecule has 3 amide bonds. The van der Waals surface area contributed by atoms with E-state index in [9.17, 15) is 14.7 Å². The molecule has 2 aromatic rings. The largest absolute Gasteiger partial charge is 0.491 e. The van der Waals surface area contributed by atoms with Crippen molar-refractivity contribution < 1.29 is 19.4 Å². The van der Waals surface area contributed by atoms with Crippen LogP contribution in [0.5, 0.6) is 5.75 Å². The summed E-state index contributed by atoms with van der Waals surface area (Å²) in [5.41, 5.74) is 4.52. The van der Waals surface area contributed by atoms with Gasteiger partial charge in [0, 0.05) is 11.5 Å². The maximum atomic E-state index is 12.7. The summed E-state index contributed by atoms with van der Waals surface area (Å²) < 4.78 is 6.60. The predicted octanol–water partition coefficient (Wildman–Crippen LogP) is 1.75. The fraction of sp³-hybridized carbons (Fsp3) is 0.304. The second kappa shape index (κ2) is 10.2. The van der Waals surface area contributed by atoms with Crippen LogP contribution >= 0.6 is 15.9 Å². The summed E-state index contributed by atoms with van der Waals surface area (Å²) >= 11 is 3.41. The van der Waals surface area contributed by atoms with Crippen molar-refractivity contribution in [1.82, 2.24) is 20.5 Å². The molecule has 0 aliphatic carbocycles. The first kappa shape index (κ1) is 23.7. The smallest absolute Gasteiger partial charge is 0.325 e. The van der Waals surface area contributed by atoms with Gasteiger partial charge in [-0.3, -0.25) is 10.1 Å². The van der Waals surface area contributed by atoms with Gasteiger partial charge in [-0.15, -0.1) is 0 Å². The average Bonchev–Trinajstić information content (AvgIpc) is 3.19. The zero-order valence-electron chi connectivity index (χ0n) is 18.7. The van der Waals surface area contributed by atoms with Crippen LogP contribution in [0.1, 0.15) is 12.5 Å². The van der Waals surface area contributed by atoms with Gasteiger partial charge >= 0.3 is 6.03 Å². The summed E-state index contributed by atoms with van der Waals surface area (Å²) in [6.07, 6.45) is -1.67. The van der Waals surface area contributed by atoms with Crippen LogP contribution in [0.4, 0.5) is 4.79 Å². The summed E-state index contributed by atoms with van der Waals surface area (Å²) in [6.45, 7) is 1.90. The van der Waals surface area contributed by atoms with Gasteiger partial charge in [0.25, 0.3) is 5.91 Å². The van der Waals surface area contributed by atoms with Crippen molar-refractivity contribution in [2.45, 2.75) is 25.2 Å². The summed E-state index contributed by atoms with van der Waals surface area (Å²) in [5.74, 6) is 0.420. The van der Waals surface area contributed by atoms with Crippen LogP contribution < -0.4 is 15.5 Å². The number of aliphatic imine (C=N–C) groups is 1. The molecule has 1 fully saturated rings. The van der Waals surface area contributed by atoms with Gasteiger partial charge in [-0.2, -0.15) is 5.10 Å². The van der Waals surface area contributed by atoms with Gasteiger partial charge in [-0.1, -0.05) is 46.3 Å². The van der Waals surface area contributed by atoms with Crippen LogP contribution in [-0.2, 0) is 4.79 Å². The number of nitrogens with zero attached hydrogens (tertiary/aromatic N) is 4. The van der Waals surface area contributed by atoms with Crippen molar-refractivity contribution in [3.05, 3.63) is 64.6 Å². The van der Waals surface area contributed by atoms with Crippen molar-refractivity contribution in [3.8, 4) is 5.75 Å². The second-order valence-corrected chi connectivity index (χ2v) is 8.88. The molecule has 3 unspecified atom stereocenters. The molecular formula is C23H25BrN6O4. The maximum Gasteiger partial charge on any atom is 0.325 e. The number of aliphatic hydroxyl groups is 1. The fourth-order valence-corrected chi connectivity index (χ4v) is 3.96. The molecule has 178 valence electrons. The first-order valence-corrected chi connectivity index (χ1v) is 11.5. The minimum atomic E-state index is -0.932. The molecule has 2 aliphatic heterocycles. The minimum absolute atomic E-state index is 0.0166. The van der Waals surface area contributed by atoms with E-state index in [0.717, 1.165) is 10.0 Å². The SMILES string of the molecule is C/C(=N\NC1=NC2C(C(=O)NC(=O)N2C)N1CC(O)COc1ccccc1)c1ccc(Br)cc1. The third-order valence-electron chi connectivity index (χ3n) is 5.54. The highest BCUT2D eigenvalue weighted by molar-refractivity contribution is 9.10. The number of para-hydroxylation sites is 1. The van der Waals surface area contributed by atoms with Crippen molar-refractivity contribution >= 4 is 39.5 Å². The molecule has 34 heavy (non-hydrogen) atoms. The molecule has 0 saturated carbocycles. The van der Waals surface area contributed by atoms with Gasteiger partial charge < -0.3 is 19.6 Å². The molecule has 2 aromatic carbocycles. The van der Waals surface area contributed by atoms with Crippen molar-refractivity contribution in [1.29, 1.82) is 0 Å². The number of carbonyl (C=O) groups excluding carboxylic acids is 2. The number of likely N-dealkylation sites (N-methyl/N-ethyl adjacent to an activating group) is 1. The van der Waals surface area contributed by atoms with Gasteiger partial charge in [-0.05, 0) is 36.8 Å². The quantitative estimate of drug-likeness (QED) is 0.372. The predicted molar refractivity (Wildman–Crippen MR) is 130 cm³/mol. The lowest BCUT2D eigenvalue weighted by atomic mass is 10.1. The number of fused-ring (bicyclic) bond motifs is 1. The number of carbonyl (C=O) groups is 2. The maximum absolute atomic E-state index is 12.7. The normalized spacial score (nSPS) is 21.1. The molecule has 0 radical (unpaired) electrons. The zero-order chi connectivity index (χ0) is 24.2. The van der Waals surface area contributed by atoms with Crippen LogP contribution in [-0.4, -0.2) is 77.0 Å². The molecule has 0 spiro atoms. The molecule has 0 aromatic heterocycles. The summed E-state index contributed by atoms with van der Waals surface area (Å²) in [6, 6.07) is 15.5. The number of guanidine groups is 1. The van der Waals surface area contributed by atoms with Crippen molar-refractivity contribution in [3.63, 3.8) is 0 Å². The molecule has 4 rings (SSSR count). The van der Waals surface area contributed by atoms with Gasteiger partial charge in [0.1, 0.15) is 18.5 Å². The number of imide groups is 1. The molecule has 3 N–H and O–H groups in total. The van der Waals surface area contributed by atoms with E-state index < -0.39 is 30.2 Å². The minimum Gasteiger partial charge on any atom is -0.491 e. The molecule has 0 bridgehead atoms. The number of amides is 3. The highest BCUT2D eigenvalue weighted by Gasteiger charge is 2.49. The van der Waals surface area contributed by atoms with Crippen LogP contribution in [0.3, 0.4) is 0 Å². The second-order valence-electron chi connectivity index (χ2n) is 7.96. The number of urea groups is 1. The fourth-order valence-electron chi connectivity index (χ4n) is 3.70. The molecule has 2 aliphatic rings. The van der Waals surface area contributed by atoms with Crippen molar-refractivity contribution in [2.24, 2.45) is 10.1 Å². The Labute approximate surface area is 205 Å². The number of rotatable bonds is 7. The Hall–Kier alpha value is -3.44. The Bertz CT molecular complexity index is 1110. The molecule has 2 heterocycles. The highest BCUT2D eigenvalue weighted by atomic mass is 79.9. The summed E-state index contributed by atoms with van der Waals surface area (Å²) in [7, 11) is 1.56. The van der Waals surface area contributed by atoms with E-state index in [0.29, 0.717) is 11.5 Å².